The molecule has 0 heterocycles. The molecule has 0 atom stereocenters. The van der Waals surface area contributed by atoms with Crippen molar-refractivity contribution in [1.29, 1.82) is 0 Å². The summed E-state index contributed by atoms with van der Waals surface area (Å²) in [5, 5.41) is 2.68. The molecule has 0 radical (unpaired) electrons. The summed E-state index contributed by atoms with van der Waals surface area (Å²) in [6.45, 7) is 0. The number of nitrogens with zero attached hydrogens (tertiary/aromatic N) is 1. The molecule has 134 valence electrons. The van der Waals surface area contributed by atoms with Gasteiger partial charge in [-0.3, -0.25) is 4.79 Å². The summed E-state index contributed by atoms with van der Waals surface area (Å²) in [5.41, 5.74) is 0.737. The van der Waals surface area contributed by atoms with Gasteiger partial charge in [0.25, 0.3) is 5.91 Å². The van der Waals surface area contributed by atoms with Crippen LogP contribution in [0.2, 0.25) is 0 Å². The highest BCUT2D eigenvalue weighted by molar-refractivity contribution is 7.89. The molecule has 1 N–H and O–H groups in total. The maximum Gasteiger partial charge on any atom is 0.255 e. The van der Waals surface area contributed by atoms with Crippen LogP contribution >= 0.6 is 0 Å². The third kappa shape index (κ3) is 4.09. The second-order valence-electron chi connectivity index (χ2n) is 5.34. The number of methoxy groups -OCH3 is 2. The van der Waals surface area contributed by atoms with Crippen molar-refractivity contribution < 1.29 is 22.7 Å². The van der Waals surface area contributed by atoms with Crippen LogP contribution < -0.4 is 14.8 Å². The molecule has 7 nitrogen and oxygen atoms in total. The fourth-order valence-electron chi connectivity index (χ4n) is 2.12. The summed E-state index contributed by atoms with van der Waals surface area (Å²) < 4.78 is 36.1. The quantitative estimate of drug-likeness (QED) is 0.849. The monoisotopic (exact) mass is 364 g/mol. The number of benzene rings is 2. The van der Waals surface area contributed by atoms with Crippen molar-refractivity contribution in [2.75, 3.05) is 33.6 Å². The lowest BCUT2D eigenvalue weighted by Crippen LogP contribution is -2.23. The molecule has 0 aliphatic heterocycles. The summed E-state index contributed by atoms with van der Waals surface area (Å²) in [6, 6.07) is 11.1. The molecule has 0 saturated heterocycles. The maximum atomic E-state index is 12.4. The van der Waals surface area contributed by atoms with Gasteiger partial charge in [0.05, 0.1) is 14.2 Å². The second kappa shape index (κ2) is 7.54. The van der Waals surface area contributed by atoms with E-state index in [0.717, 1.165) is 4.31 Å². The summed E-state index contributed by atoms with van der Waals surface area (Å²) in [7, 11) is 2.04. The van der Waals surface area contributed by atoms with E-state index in [1.54, 1.807) is 30.3 Å². The number of nitrogens with one attached hydrogen (secondary N) is 1. The molecule has 0 aliphatic carbocycles. The van der Waals surface area contributed by atoms with Crippen LogP contribution in [0.4, 0.5) is 5.69 Å². The van der Waals surface area contributed by atoms with Crippen LogP contribution in [0, 0.1) is 0 Å². The molecule has 0 spiro atoms. The Bertz CT molecular complexity index is 878. The van der Waals surface area contributed by atoms with E-state index in [1.165, 1.54) is 40.4 Å². The highest BCUT2D eigenvalue weighted by Gasteiger charge is 2.23. The van der Waals surface area contributed by atoms with Crippen molar-refractivity contribution in [2.45, 2.75) is 4.90 Å². The average Bonchev–Trinajstić information content (AvgIpc) is 2.61. The number of hydrogen-bond donors (Lipinski definition) is 1. The molecular weight excluding hydrogens is 344 g/mol. The highest BCUT2D eigenvalue weighted by Crippen LogP contribution is 2.29. The Kier molecular flexibility index (Phi) is 5.66. The molecule has 2 rings (SSSR count). The van der Waals surface area contributed by atoms with Gasteiger partial charge in [-0.1, -0.05) is 6.07 Å². The van der Waals surface area contributed by atoms with E-state index in [0.29, 0.717) is 17.0 Å². The van der Waals surface area contributed by atoms with Crippen molar-refractivity contribution >= 4 is 21.6 Å². The zero-order valence-corrected chi connectivity index (χ0v) is 15.3. The number of sulfonamides is 1. The molecule has 0 saturated carbocycles. The molecule has 0 bridgehead atoms. The number of anilines is 1. The smallest absolute Gasteiger partial charge is 0.255 e. The topological polar surface area (TPSA) is 84.9 Å². The number of ether oxygens (including phenoxy) is 2. The van der Waals surface area contributed by atoms with E-state index in [4.69, 9.17) is 9.47 Å². The molecule has 25 heavy (non-hydrogen) atoms. The fourth-order valence-corrected chi connectivity index (χ4v) is 3.20. The SMILES string of the molecule is COc1cccc(C(=O)Nc2ccc(OC)c(S(=O)(=O)N(C)C)c2)c1. The Morgan fingerprint density at radius 2 is 1.76 bits per heavy atom. The van der Waals surface area contributed by atoms with Gasteiger partial charge >= 0.3 is 0 Å². The third-order valence-electron chi connectivity index (χ3n) is 3.51. The predicted octanol–water partition coefficient (Wildman–Crippen LogP) is 2.21. The van der Waals surface area contributed by atoms with Gasteiger partial charge in [0.15, 0.2) is 0 Å². The van der Waals surface area contributed by atoms with Crippen LogP contribution in [0.15, 0.2) is 47.4 Å². The van der Waals surface area contributed by atoms with Gasteiger partial charge in [0, 0.05) is 25.3 Å². The maximum absolute atomic E-state index is 12.4. The van der Waals surface area contributed by atoms with Gasteiger partial charge < -0.3 is 14.8 Å². The summed E-state index contributed by atoms with van der Waals surface area (Å²) in [4.78, 5) is 12.3. The van der Waals surface area contributed by atoms with E-state index in [9.17, 15) is 13.2 Å². The molecular formula is C17H20N2O5S. The Balaban J connectivity index is 2.36. The molecule has 0 aliphatic rings. The summed E-state index contributed by atoms with van der Waals surface area (Å²) >= 11 is 0. The van der Waals surface area contributed by atoms with Crippen LogP contribution in [-0.2, 0) is 10.0 Å². The van der Waals surface area contributed by atoms with E-state index in [1.807, 2.05) is 0 Å². The molecule has 8 heteroatoms. The van der Waals surface area contributed by atoms with E-state index >= 15 is 0 Å². The lowest BCUT2D eigenvalue weighted by molar-refractivity contribution is 0.102. The Morgan fingerprint density at radius 3 is 2.36 bits per heavy atom. The number of rotatable bonds is 6. The minimum Gasteiger partial charge on any atom is -0.497 e. The second-order valence-corrected chi connectivity index (χ2v) is 7.46. The van der Waals surface area contributed by atoms with Gasteiger partial charge in [-0.2, -0.15) is 0 Å². The largest absolute Gasteiger partial charge is 0.497 e. The molecule has 0 fully saturated rings. The van der Waals surface area contributed by atoms with E-state index < -0.39 is 10.0 Å². The van der Waals surface area contributed by atoms with Crippen molar-refractivity contribution in [3.8, 4) is 11.5 Å². The first-order chi connectivity index (χ1) is 11.8. The Morgan fingerprint density at radius 1 is 1.04 bits per heavy atom. The first-order valence-corrected chi connectivity index (χ1v) is 8.79. The van der Waals surface area contributed by atoms with Gasteiger partial charge in [0.2, 0.25) is 10.0 Å². The van der Waals surface area contributed by atoms with Gasteiger partial charge in [0.1, 0.15) is 16.4 Å². The van der Waals surface area contributed by atoms with Crippen LogP contribution in [0.3, 0.4) is 0 Å². The molecule has 2 aromatic carbocycles. The van der Waals surface area contributed by atoms with E-state index in [-0.39, 0.29) is 16.6 Å². The lowest BCUT2D eigenvalue weighted by atomic mass is 10.2. The van der Waals surface area contributed by atoms with Crippen molar-refractivity contribution in [3.05, 3.63) is 48.0 Å². The third-order valence-corrected chi connectivity index (χ3v) is 5.35. The first-order valence-electron chi connectivity index (χ1n) is 7.35. The van der Waals surface area contributed by atoms with Crippen LogP contribution in [0.1, 0.15) is 10.4 Å². The minimum absolute atomic E-state index is 0.0246. The summed E-state index contributed by atoms with van der Waals surface area (Å²) in [5.74, 6) is 0.378. The number of amides is 1. The van der Waals surface area contributed by atoms with Crippen LogP contribution in [0.5, 0.6) is 11.5 Å². The average molecular weight is 364 g/mol. The van der Waals surface area contributed by atoms with Crippen molar-refractivity contribution in [1.82, 2.24) is 4.31 Å². The number of carbonyl (C=O) groups excluding carboxylic acids is 1. The van der Waals surface area contributed by atoms with Crippen molar-refractivity contribution in [2.24, 2.45) is 0 Å². The molecule has 2 aromatic rings. The zero-order chi connectivity index (χ0) is 18.6. The predicted molar refractivity (Wildman–Crippen MR) is 94.8 cm³/mol. The fraction of sp³-hybridized carbons (Fsp3) is 0.235. The Labute approximate surface area is 147 Å². The number of carbonyl (C=O) groups is 1. The Hall–Kier alpha value is -2.58. The van der Waals surface area contributed by atoms with Gasteiger partial charge in [-0.25, -0.2) is 12.7 Å². The minimum atomic E-state index is -3.72. The normalized spacial score (nSPS) is 11.2. The van der Waals surface area contributed by atoms with Crippen LogP contribution in [-0.4, -0.2) is 46.9 Å². The van der Waals surface area contributed by atoms with Crippen LogP contribution in [0.25, 0.3) is 0 Å². The zero-order valence-electron chi connectivity index (χ0n) is 14.4. The molecule has 0 unspecified atom stereocenters. The highest BCUT2D eigenvalue weighted by atomic mass is 32.2. The van der Waals surface area contributed by atoms with Gasteiger partial charge in [-0.05, 0) is 36.4 Å². The lowest BCUT2D eigenvalue weighted by Gasteiger charge is -2.16. The molecule has 0 aromatic heterocycles. The molecule has 1 amide bonds. The first kappa shape index (κ1) is 18.8. The standard InChI is InChI=1S/C17H20N2O5S/c1-19(2)25(21,22)16-11-13(8-9-15(16)24-4)18-17(20)12-6-5-7-14(10-12)23-3/h5-11H,1-4H3,(H,18,20). The number of hydrogen-bond acceptors (Lipinski definition) is 5. The van der Waals surface area contributed by atoms with E-state index in [2.05, 4.69) is 5.32 Å². The van der Waals surface area contributed by atoms with Crippen molar-refractivity contribution in [3.63, 3.8) is 0 Å². The van der Waals surface area contributed by atoms with Gasteiger partial charge in [-0.15, -0.1) is 0 Å². The summed E-state index contributed by atoms with van der Waals surface area (Å²) in [6.07, 6.45) is 0.